The zero-order chi connectivity index (χ0) is 14.9. The molecule has 0 spiro atoms. The third-order valence-electron chi connectivity index (χ3n) is 4.29. The topological polar surface area (TPSA) is 57.6 Å². The first-order valence-electron chi connectivity index (χ1n) is 6.86. The second kappa shape index (κ2) is 5.61. The van der Waals surface area contributed by atoms with Crippen LogP contribution in [0, 0.1) is 17.8 Å². The number of nitrogens with zero attached hydrogens (tertiary/aromatic N) is 1. The minimum absolute atomic E-state index is 0.0984. The van der Waals surface area contributed by atoms with Gasteiger partial charge in [-0.25, -0.2) is 0 Å². The molecular weight excluding hydrogens is 275 g/mol. The van der Waals surface area contributed by atoms with E-state index in [1.807, 2.05) is 0 Å². The molecule has 0 bridgehead atoms. The fraction of sp³-hybridized carbons (Fsp3) is 0.846. The van der Waals surface area contributed by atoms with Crippen LogP contribution in [-0.4, -0.2) is 41.1 Å². The molecule has 4 nitrogen and oxygen atoms in total. The number of carboxylic acids is 1. The number of rotatable bonds is 5. The van der Waals surface area contributed by atoms with Gasteiger partial charge in [-0.1, -0.05) is 6.42 Å². The molecule has 0 aliphatic heterocycles. The summed E-state index contributed by atoms with van der Waals surface area (Å²) in [6.07, 6.45) is -1.03. The van der Waals surface area contributed by atoms with Crippen molar-refractivity contribution in [3.8, 4) is 0 Å². The zero-order valence-electron chi connectivity index (χ0n) is 11.0. The molecule has 2 aliphatic rings. The van der Waals surface area contributed by atoms with Gasteiger partial charge in [-0.3, -0.25) is 9.59 Å². The number of halogens is 3. The van der Waals surface area contributed by atoms with Crippen molar-refractivity contribution in [3.05, 3.63) is 0 Å². The molecule has 2 saturated carbocycles. The van der Waals surface area contributed by atoms with Crippen LogP contribution in [0.15, 0.2) is 0 Å². The van der Waals surface area contributed by atoms with Crippen LogP contribution in [0.3, 0.4) is 0 Å². The summed E-state index contributed by atoms with van der Waals surface area (Å²) in [6.45, 7) is -1.17. The van der Waals surface area contributed by atoms with E-state index in [9.17, 15) is 22.8 Å². The average Bonchev–Trinajstić information content (AvgIpc) is 2.16. The first-order valence-corrected chi connectivity index (χ1v) is 6.86. The molecule has 2 atom stereocenters. The maximum atomic E-state index is 12.6. The summed E-state index contributed by atoms with van der Waals surface area (Å²) >= 11 is 0. The quantitative estimate of drug-likeness (QED) is 0.846. The van der Waals surface area contributed by atoms with Gasteiger partial charge in [-0.2, -0.15) is 13.2 Å². The van der Waals surface area contributed by atoms with E-state index < -0.39 is 36.4 Å². The van der Waals surface area contributed by atoms with E-state index in [-0.39, 0.29) is 12.5 Å². The molecule has 0 heterocycles. The third-order valence-corrected chi connectivity index (χ3v) is 4.29. The monoisotopic (exact) mass is 293 g/mol. The molecule has 0 aromatic rings. The Balaban J connectivity index is 2.00. The Labute approximate surface area is 114 Å². The minimum Gasteiger partial charge on any atom is -0.481 e. The number of carbonyl (C=O) groups is 2. The van der Waals surface area contributed by atoms with Crippen LogP contribution in [0.25, 0.3) is 0 Å². The number of amides is 1. The summed E-state index contributed by atoms with van der Waals surface area (Å²) in [5.74, 6) is -3.21. The molecule has 0 radical (unpaired) electrons. The van der Waals surface area contributed by atoms with Gasteiger partial charge < -0.3 is 10.0 Å². The van der Waals surface area contributed by atoms with E-state index in [1.54, 1.807) is 0 Å². The molecule has 114 valence electrons. The first-order chi connectivity index (χ1) is 9.28. The lowest BCUT2D eigenvalue weighted by Crippen LogP contribution is -2.50. The summed E-state index contributed by atoms with van der Waals surface area (Å²) in [5, 5.41) is 8.91. The van der Waals surface area contributed by atoms with E-state index in [1.165, 1.54) is 0 Å². The molecule has 1 amide bonds. The molecule has 2 aliphatic carbocycles. The van der Waals surface area contributed by atoms with Crippen molar-refractivity contribution in [3.63, 3.8) is 0 Å². The summed E-state index contributed by atoms with van der Waals surface area (Å²) in [5.41, 5.74) is 0. The van der Waals surface area contributed by atoms with Crippen LogP contribution in [-0.2, 0) is 9.59 Å². The number of carboxylic acid groups (broad SMARTS) is 1. The highest BCUT2D eigenvalue weighted by Gasteiger charge is 2.45. The second-order valence-corrected chi connectivity index (χ2v) is 5.76. The fourth-order valence-electron chi connectivity index (χ4n) is 2.76. The van der Waals surface area contributed by atoms with E-state index in [2.05, 4.69) is 0 Å². The van der Waals surface area contributed by atoms with Gasteiger partial charge in [0.15, 0.2) is 0 Å². The Kier molecular flexibility index (Phi) is 4.25. The lowest BCUT2D eigenvalue weighted by Gasteiger charge is -2.39. The van der Waals surface area contributed by atoms with Crippen LogP contribution in [0.4, 0.5) is 13.2 Å². The van der Waals surface area contributed by atoms with Gasteiger partial charge in [-0.15, -0.1) is 0 Å². The van der Waals surface area contributed by atoms with Crippen LogP contribution in [0.1, 0.15) is 32.1 Å². The van der Waals surface area contributed by atoms with Gasteiger partial charge in [0.1, 0.15) is 6.54 Å². The van der Waals surface area contributed by atoms with Gasteiger partial charge in [0.05, 0.1) is 11.8 Å². The van der Waals surface area contributed by atoms with Crippen molar-refractivity contribution in [2.75, 3.05) is 13.1 Å². The summed E-state index contributed by atoms with van der Waals surface area (Å²) < 4.78 is 37.7. The van der Waals surface area contributed by atoms with Crippen molar-refractivity contribution in [2.45, 2.75) is 38.3 Å². The predicted molar refractivity (Wildman–Crippen MR) is 63.8 cm³/mol. The Hall–Kier alpha value is -1.27. The van der Waals surface area contributed by atoms with Crippen molar-refractivity contribution >= 4 is 11.9 Å². The Morgan fingerprint density at radius 3 is 2.05 bits per heavy atom. The van der Waals surface area contributed by atoms with Gasteiger partial charge in [0.25, 0.3) is 0 Å². The number of hydrogen-bond acceptors (Lipinski definition) is 2. The SMILES string of the molecule is O=C(O)C1CCC1C(=O)N(CC1CCC1)CC(F)(F)F. The lowest BCUT2D eigenvalue weighted by molar-refractivity contribution is -0.172. The molecule has 2 fully saturated rings. The molecule has 2 unspecified atom stereocenters. The fourth-order valence-corrected chi connectivity index (χ4v) is 2.76. The molecule has 7 heteroatoms. The van der Waals surface area contributed by atoms with E-state index in [0.29, 0.717) is 12.8 Å². The van der Waals surface area contributed by atoms with Crippen molar-refractivity contribution < 1.29 is 27.9 Å². The number of hydrogen-bond donors (Lipinski definition) is 1. The largest absolute Gasteiger partial charge is 0.481 e. The lowest BCUT2D eigenvalue weighted by atomic mass is 9.72. The zero-order valence-corrected chi connectivity index (χ0v) is 11.0. The standard InChI is InChI=1S/C13H18F3NO3/c14-13(15,16)7-17(6-8-2-1-3-8)11(18)9-4-5-10(9)12(19)20/h8-10H,1-7H2,(H,19,20). The predicted octanol–water partition coefficient (Wildman–Crippen LogP) is 2.29. The average molecular weight is 293 g/mol. The van der Waals surface area contributed by atoms with E-state index >= 15 is 0 Å². The number of aliphatic carboxylic acids is 1. The first kappa shape index (κ1) is 15.1. The Bertz CT molecular complexity index is 393. The Morgan fingerprint density at radius 1 is 1.10 bits per heavy atom. The maximum Gasteiger partial charge on any atom is 0.406 e. The van der Waals surface area contributed by atoms with Crippen molar-refractivity contribution in [1.82, 2.24) is 4.90 Å². The summed E-state index contributed by atoms with van der Waals surface area (Å²) in [4.78, 5) is 23.9. The minimum atomic E-state index is -4.44. The molecule has 2 rings (SSSR count). The summed E-state index contributed by atoms with van der Waals surface area (Å²) in [6, 6.07) is 0. The molecule has 1 N–H and O–H groups in total. The highest BCUT2D eigenvalue weighted by atomic mass is 19.4. The van der Waals surface area contributed by atoms with E-state index in [4.69, 9.17) is 5.11 Å². The van der Waals surface area contributed by atoms with Crippen LogP contribution < -0.4 is 0 Å². The molecule has 0 saturated heterocycles. The Morgan fingerprint density at radius 2 is 1.70 bits per heavy atom. The van der Waals surface area contributed by atoms with E-state index in [0.717, 1.165) is 24.2 Å². The molecule has 0 aromatic heterocycles. The van der Waals surface area contributed by atoms with Gasteiger partial charge in [0, 0.05) is 6.54 Å². The maximum absolute atomic E-state index is 12.6. The third kappa shape index (κ3) is 3.43. The molecule has 0 aromatic carbocycles. The van der Waals surface area contributed by atoms with Crippen LogP contribution in [0.5, 0.6) is 0 Å². The second-order valence-electron chi connectivity index (χ2n) is 5.76. The number of alkyl halides is 3. The highest BCUT2D eigenvalue weighted by molar-refractivity contribution is 5.86. The smallest absolute Gasteiger partial charge is 0.406 e. The summed E-state index contributed by atoms with van der Waals surface area (Å²) in [7, 11) is 0. The normalized spacial score (nSPS) is 26.6. The van der Waals surface area contributed by atoms with Gasteiger partial charge in [-0.05, 0) is 31.6 Å². The highest BCUT2D eigenvalue weighted by Crippen LogP contribution is 2.37. The van der Waals surface area contributed by atoms with Crippen LogP contribution in [0.2, 0.25) is 0 Å². The van der Waals surface area contributed by atoms with Gasteiger partial charge in [0.2, 0.25) is 5.91 Å². The van der Waals surface area contributed by atoms with Gasteiger partial charge >= 0.3 is 12.1 Å². The van der Waals surface area contributed by atoms with Crippen LogP contribution >= 0.6 is 0 Å². The van der Waals surface area contributed by atoms with Crippen molar-refractivity contribution in [1.29, 1.82) is 0 Å². The number of carbonyl (C=O) groups excluding carboxylic acids is 1. The molecular formula is C13H18F3NO3. The van der Waals surface area contributed by atoms with Crippen molar-refractivity contribution in [2.24, 2.45) is 17.8 Å². The molecule has 20 heavy (non-hydrogen) atoms.